The number of hydrogen-bond donors (Lipinski definition) is 1. The lowest BCUT2D eigenvalue weighted by molar-refractivity contribution is 0.457. The summed E-state index contributed by atoms with van der Waals surface area (Å²) in [6.45, 7) is 6.40. The molecule has 1 atom stereocenters. The lowest BCUT2D eigenvalue weighted by atomic mass is 9.95. The zero-order valence-corrected chi connectivity index (χ0v) is 12.1. The van der Waals surface area contributed by atoms with Crippen LogP contribution in [0, 0.1) is 0 Å². The molecule has 1 aliphatic rings. The van der Waals surface area contributed by atoms with Crippen molar-refractivity contribution in [2.75, 3.05) is 4.90 Å². The number of aromatic hydroxyl groups is 1. The molecule has 1 N–H and O–H groups in total. The number of benzene rings is 1. The highest BCUT2D eigenvalue weighted by Gasteiger charge is 2.26. The molecule has 1 aromatic rings. The van der Waals surface area contributed by atoms with Crippen LogP contribution < -0.4 is 4.90 Å². The maximum absolute atomic E-state index is 10.1. The maximum atomic E-state index is 10.1. The number of halogens is 1. The molecule has 0 fully saturated rings. The molecule has 0 amide bonds. The van der Waals surface area contributed by atoms with E-state index in [2.05, 4.69) is 53.7 Å². The van der Waals surface area contributed by atoms with E-state index >= 15 is 0 Å². The minimum atomic E-state index is 0.392. The first-order chi connectivity index (χ1) is 8.06. The monoisotopic (exact) mass is 295 g/mol. The summed E-state index contributed by atoms with van der Waals surface area (Å²) in [6, 6.07) is 4.49. The van der Waals surface area contributed by atoms with Gasteiger partial charge in [0, 0.05) is 23.0 Å². The summed E-state index contributed by atoms with van der Waals surface area (Å²) in [6.07, 6.45) is 4.13. The predicted molar refractivity (Wildman–Crippen MR) is 75.5 cm³/mol. The summed E-state index contributed by atoms with van der Waals surface area (Å²) in [5, 5.41) is 10.1. The number of fused-ring (bicyclic) bond motifs is 1. The molecule has 2 nitrogen and oxygen atoms in total. The average molecular weight is 296 g/mol. The quantitative estimate of drug-likeness (QED) is 0.838. The van der Waals surface area contributed by atoms with Crippen molar-refractivity contribution in [2.45, 2.75) is 39.7 Å². The molecule has 1 unspecified atom stereocenters. The lowest BCUT2D eigenvalue weighted by Gasteiger charge is -2.38. The molecule has 1 heterocycles. The third kappa shape index (κ3) is 2.08. The van der Waals surface area contributed by atoms with Gasteiger partial charge in [0.25, 0.3) is 0 Å². The second kappa shape index (κ2) is 4.73. The maximum Gasteiger partial charge on any atom is 0.135 e. The zero-order chi connectivity index (χ0) is 12.6. The minimum absolute atomic E-state index is 0.392. The normalized spacial score (nSPS) is 20.4. The van der Waals surface area contributed by atoms with Crippen LogP contribution in [0.2, 0.25) is 0 Å². The standard InChI is InChI=1S/C14H18BrNO/c1-4-9(2)16-10(3)5-6-11-13(16)8-7-12(15)14(11)17/h4,7-8,10,17H,5-6H2,1-3H3. The molecule has 1 aliphatic heterocycles. The number of allylic oxidation sites excluding steroid dienone is 2. The van der Waals surface area contributed by atoms with Crippen LogP contribution in [0.25, 0.3) is 0 Å². The summed E-state index contributed by atoms with van der Waals surface area (Å²) >= 11 is 3.38. The van der Waals surface area contributed by atoms with Gasteiger partial charge in [-0.1, -0.05) is 6.08 Å². The third-order valence-electron chi connectivity index (χ3n) is 3.52. The van der Waals surface area contributed by atoms with Crippen molar-refractivity contribution < 1.29 is 5.11 Å². The Morgan fingerprint density at radius 1 is 1.53 bits per heavy atom. The van der Waals surface area contributed by atoms with Crippen LogP contribution in [0.3, 0.4) is 0 Å². The summed E-state index contributed by atoms with van der Waals surface area (Å²) in [5.41, 5.74) is 3.43. The fraction of sp³-hybridized carbons (Fsp3) is 0.429. The third-order valence-corrected chi connectivity index (χ3v) is 4.16. The van der Waals surface area contributed by atoms with Crippen LogP contribution in [0.4, 0.5) is 5.69 Å². The average Bonchev–Trinajstić information content (AvgIpc) is 2.33. The molecule has 92 valence electrons. The number of hydrogen-bond acceptors (Lipinski definition) is 2. The van der Waals surface area contributed by atoms with E-state index < -0.39 is 0 Å². The summed E-state index contributed by atoms with van der Waals surface area (Å²) in [4.78, 5) is 2.31. The van der Waals surface area contributed by atoms with E-state index in [1.54, 1.807) is 0 Å². The van der Waals surface area contributed by atoms with Crippen molar-refractivity contribution in [3.63, 3.8) is 0 Å². The summed E-state index contributed by atoms with van der Waals surface area (Å²) < 4.78 is 0.781. The fourth-order valence-electron chi connectivity index (χ4n) is 2.47. The van der Waals surface area contributed by atoms with Gasteiger partial charge in [-0.3, -0.25) is 0 Å². The Morgan fingerprint density at radius 3 is 2.88 bits per heavy atom. The zero-order valence-electron chi connectivity index (χ0n) is 10.5. The first kappa shape index (κ1) is 12.5. The van der Waals surface area contributed by atoms with Gasteiger partial charge in [0.05, 0.1) is 4.47 Å². The molecular formula is C14H18BrNO. The molecule has 3 heteroatoms. The predicted octanol–water partition coefficient (Wildman–Crippen LogP) is 4.22. The van der Waals surface area contributed by atoms with Crippen LogP contribution >= 0.6 is 15.9 Å². The molecule has 0 bridgehead atoms. The molecule has 0 radical (unpaired) electrons. The van der Waals surface area contributed by atoms with Crippen LogP contribution in [0.5, 0.6) is 5.75 Å². The van der Waals surface area contributed by atoms with E-state index in [4.69, 9.17) is 0 Å². The Bertz CT molecular complexity index is 468. The van der Waals surface area contributed by atoms with Crippen LogP contribution in [-0.2, 0) is 6.42 Å². The van der Waals surface area contributed by atoms with Crippen molar-refractivity contribution in [1.82, 2.24) is 0 Å². The van der Waals surface area contributed by atoms with Crippen molar-refractivity contribution in [2.24, 2.45) is 0 Å². The lowest BCUT2D eigenvalue weighted by Crippen LogP contribution is -2.35. The number of phenolic OH excluding ortho intramolecular Hbond substituents is 1. The Balaban J connectivity index is 2.56. The smallest absolute Gasteiger partial charge is 0.135 e. The highest BCUT2D eigenvalue weighted by Crippen LogP contribution is 2.41. The second-order valence-corrected chi connectivity index (χ2v) is 5.44. The summed E-state index contributed by atoms with van der Waals surface area (Å²) in [5.74, 6) is 0.392. The molecule has 17 heavy (non-hydrogen) atoms. The van der Waals surface area contributed by atoms with Gasteiger partial charge >= 0.3 is 0 Å². The number of rotatable bonds is 1. The molecule has 0 saturated carbocycles. The van der Waals surface area contributed by atoms with Crippen molar-refractivity contribution in [3.8, 4) is 5.75 Å². The van der Waals surface area contributed by atoms with Crippen molar-refractivity contribution in [1.29, 1.82) is 0 Å². The van der Waals surface area contributed by atoms with E-state index in [9.17, 15) is 5.11 Å². The molecule has 1 aromatic carbocycles. The van der Waals surface area contributed by atoms with Gasteiger partial charge in [-0.2, -0.15) is 0 Å². The van der Waals surface area contributed by atoms with Crippen LogP contribution in [-0.4, -0.2) is 11.1 Å². The number of nitrogens with zero attached hydrogens (tertiary/aromatic N) is 1. The van der Waals surface area contributed by atoms with Gasteiger partial charge in [0.1, 0.15) is 5.75 Å². The second-order valence-electron chi connectivity index (χ2n) is 4.58. The van der Waals surface area contributed by atoms with Gasteiger partial charge in [0.2, 0.25) is 0 Å². The fourth-order valence-corrected chi connectivity index (χ4v) is 2.84. The molecule has 0 spiro atoms. The SMILES string of the molecule is CC=C(C)N1c2ccc(Br)c(O)c2CCC1C. The van der Waals surface area contributed by atoms with Crippen molar-refractivity contribution >= 4 is 21.6 Å². The Hall–Kier alpha value is -0.960. The molecule has 0 saturated heterocycles. The minimum Gasteiger partial charge on any atom is -0.506 e. The van der Waals surface area contributed by atoms with E-state index in [1.807, 2.05) is 6.07 Å². The number of anilines is 1. The Labute approximate surface area is 111 Å². The Kier molecular flexibility index (Phi) is 3.48. The van der Waals surface area contributed by atoms with Gasteiger partial charge < -0.3 is 10.0 Å². The van der Waals surface area contributed by atoms with Gasteiger partial charge in [-0.25, -0.2) is 0 Å². The van der Waals surface area contributed by atoms with E-state index in [-0.39, 0.29) is 0 Å². The first-order valence-corrected chi connectivity index (χ1v) is 6.78. The highest BCUT2D eigenvalue weighted by molar-refractivity contribution is 9.10. The molecule has 0 aromatic heterocycles. The molecule has 2 rings (SSSR count). The van der Waals surface area contributed by atoms with Crippen LogP contribution in [0.1, 0.15) is 32.8 Å². The topological polar surface area (TPSA) is 23.5 Å². The van der Waals surface area contributed by atoms with Gasteiger partial charge in [-0.15, -0.1) is 0 Å². The van der Waals surface area contributed by atoms with E-state index in [0.29, 0.717) is 11.8 Å². The molecular weight excluding hydrogens is 278 g/mol. The van der Waals surface area contributed by atoms with Gasteiger partial charge in [0.15, 0.2) is 0 Å². The Morgan fingerprint density at radius 2 is 2.24 bits per heavy atom. The van der Waals surface area contributed by atoms with Gasteiger partial charge in [-0.05, 0) is 61.7 Å². The first-order valence-electron chi connectivity index (χ1n) is 5.98. The van der Waals surface area contributed by atoms with E-state index in [0.717, 1.165) is 28.6 Å². The highest BCUT2D eigenvalue weighted by atomic mass is 79.9. The van der Waals surface area contributed by atoms with Crippen LogP contribution in [0.15, 0.2) is 28.4 Å². The molecule has 0 aliphatic carbocycles. The van der Waals surface area contributed by atoms with E-state index in [1.165, 1.54) is 5.70 Å². The summed E-state index contributed by atoms with van der Waals surface area (Å²) in [7, 11) is 0. The largest absolute Gasteiger partial charge is 0.506 e. The van der Waals surface area contributed by atoms with Crippen molar-refractivity contribution in [3.05, 3.63) is 33.9 Å². The number of phenols is 1.